The van der Waals surface area contributed by atoms with E-state index in [0.717, 1.165) is 47.9 Å². The monoisotopic (exact) mass is 355 g/mol. The molecule has 0 radical (unpaired) electrons. The van der Waals surface area contributed by atoms with Crippen LogP contribution in [0.4, 0.5) is 16.2 Å². The van der Waals surface area contributed by atoms with Crippen LogP contribution in [0.1, 0.15) is 19.4 Å². The van der Waals surface area contributed by atoms with Crippen molar-refractivity contribution < 1.29 is 14.3 Å². The van der Waals surface area contributed by atoms with E-state index in [9.17, 15) is 4.79 Å². The minimum atomic E-state index is -0.207. The van der Waals surface area contributed by atoms with Gasteiger partial charge in [0.2, 0.25) is 6.79 Å². The van der Waals surface area contributed by atoms with Crippen molar-refractivity contribution in [3.05, 3.63) is 48.0 Å². The molecule has 1 aliphatic heterocycles. The number of amides is 2. The van der Waals surface area contributed by atoms with Gasteiger partial charge in [0.25, 0.3) is 0 Å². The first-order chi connectivity index (χ1) is 12.7. The van der Waals surface area contributed by atoms with E-state index in [0.29, 0.717) is 6.54 Å². The molecule has 0 saturated heterocycles. The summed E-state index contributed by atoms with van der Waals surface area (Å²) < 4.78 is 10.7. The number of rotatable bonds is 7. The highest BCUT2D eigenvalue weighted by molar-refractivity contribution is 5.89. The molecule has 6 heteroatoms. The molecule has 0 bridgehead atoms. The second kappa shape index (κ2) is 8.47. The van der Waals surface area contributed by atoms with Crippen LogP contribution in [0.25, 0.3) is 0 Å². The van der Waals surface area contributed by atoms with Crippen LogP contribution in [-0.4, -0.2) is 32.5 Å². The number of hydrogen-bond acceptors (Lipinski definition) is 4. The van der Waals surface area contributed by atoms with Gasteiger partial charge in [-0.2, -0.15) is 0 Å². The zero-order valence-electron chi connectivity index (χ0n) is 15.2. The number of nitrogens with one attached hydrogen (secondary N) is 2. The van der Waals surface area contributed by atoms with Crippen LogP contribution >= 0.6 is 0 Å². The second-order valence-corrected chi connectivity index (χ2v) is 6.04. The number of ether oxygens (including phenoxy) is 2. The number of nitrogens with zero attached hydrogens (tertiary/aromatic N) is 1. The van der Waals surface area contributed by atoms with Crippen molar-refractivity contribution in [3.8, 4) is 11.5 Å². The fourth-order valence-corrected chi connectivity index (χ4v) is 2.94. The van der Waals surface area contributed by atoms with Gasteiger partial charge in [-0.05, 0) is 62.2 Å². The van der Waals surface area contributed by atoms with Gasteiger partial charge in [0.1, 0.15) is 0 Å². The molecule has 0 aliphatic carbocycles. The fraction of sp³-hybridized carbons (Fsp3) is 0.350. The molecule has 2 aromatic carbocycles. The third-order valence-electron chi connectivity index (χ3n) is 4.39. The minimum absolute atomic E-state index is 0.207. The van der Waals surface area contributed by atoms with Crippen LogP contribution in [0.5, 0.6) is 11.5 Å². The highest BCUT2D eigenvalue weighted by atomic mass is 16.7. The summed E-state index contributed by atoms with van der Waals surface area (Å²) in [6.45, 7) is 7.00. The zero-order chi connectivity index (χ0) is 18.4. The van der Waals surface area contributed by atoms with Gasteiger partial charge in [0.05, 0.1) is 0 Å². The SMILES string of the molecule is CCN(CC)c1ccc(NC(=O)NCCc2ccc3c(c2)OCO3)cc1. The summed E-state index contributed by atoms with van der Waals surface area (Å²) in [5.41, 5.74) is 3.03. The van der Waals surface area contributed by atoms with E-state index in [4.69, 9.17) is 9.47 Å². The molecule has 2 aromatic rings. The van der Waals surface area contributed by atoms with E-state index < -0.39 is 0 Å². The molecule has 0 spiro atoms. The van der Waals surface area contributed by atoms with Crippen LogP contribution in [0.3, 0.4) is 0 Å². The first-order valence-corrected chi connectivity index (χ1v) is 8.98. The standard InChI is InChI=1S/C20H25N3O3/c1-3-23(4-2)17-8-6-16(7-9-17)22-20(24)21-12-11-15-5-10-18-19(13-15)26-14-25-18/h5-10,13H,3-4,11-12,14H2,1-2H3,(H2,21,22,24). The highest BCUT2D eigenvalue weighted by Crippen LogP contribution is 2.32. The second-order valence-electron chi connectivity index (χ2n) is 6.04. The summed E-state index contributed by atoms with van der Waals surface area (Å²) in [7, 11) is 0. The van der Waals surface area contributed by atoms with Crippen molar-refractivity contribution in [1.82, 2.24) is 5.32 Å². The molecular formula is C20H25N3O3. The fourth-order valence-electron chi connectivity index (χ4n) is 2.94. The molecule has 2 amide bonds. The van der Waals surface area contributed by atoms with Gasteiger partial charge in [-0.15, -0.1) is 0 Å². The molecular weight excluding hydrogens is 330 g/mol. The third kappa shape index (κ3) is 4.39. The van der Waals surface area contributed by atoms with E-state index >= 15 is 0 Å². The maximum Gasteiger partial charge on any atom is 0.319 e. The molecule has 0 fully saturated rings. The maximum atomic E-state index is 12.0. The Morgan fingerprint density at radius 2 is 1.77 bits per heavy atom. The predicted molar refractivity (Wildman–Crippen MR) is 103 cm³/mol. The number of hydrogen-bond donors (Lipinski definition) is 2. The smallest absolute Gasteiger partial charge is 0.319 e. The van der Waals surface area contributed by atoms with Gasteiger partial charge in [-0.3, -0.25) is 0 Å². The molecule has 26 heavy (non-hydrogen) atoms. The topological polar surface area (TPSA) is 62.8 Å². The lowest BCUT2D eigenvalue weighted by atomic mass is 10.1. The molecule has 2 N–H and O–H groups in total. The summed E-state index contributed by atoms with van der Waals surface area (Å²) in [6.07, 6.45) is 0.727. The summed E-state index contributed by atoms with van der Waals surface area (Å²) >= 11 is 0. The molecule has 6 nitrogen and oxygen atoms in total. The Kier molecular flexibility index (Phi) is 5.84. The van der Waals surface area contributed by atoms with Gasteiger partial charge >= 0.3 is 6.03 Å². The number of anilines is 2. The van der Waals surface area contributed by atoms with Crippen LogP contribution < -0.4 is 25.0 Å². The van der Waals surface area contributed by atoms with E-state index in [2.05, 4.69) is 29.4 Å². The Balaban J connectivity index is 1.45. The summed E-state index contributed by atoms with van der Waals surface area (Å²) in [6, 6.07) is 13.5. The number of fused-ring (bicyclic) bond motifs is 1. The molecule has 1 heterocycles. The normalized spacial score (nSPS) is 11.9. The lowest BCUT2D eigenvalue weighted by molar-refractivity contribution is 0.174. The first-order valence-electron chi connectivity index (χ1n) is 8.98. The van der Waals surface area contributed by atoms with E-state index in [1.54, 1.807) is 0 Å². The van der Waals surface area contributed by atoms with Gasteiger partial charge in [-0.25, -0.2) is 4.79 Å². The Morgan fingerprint density at radius 3 is 2.50 bits per heavy atom. The van der Waals surface area contributed by atoms with E-state index in [1.807, 2.05) is 42.5 Å². The quantitative estimate of drug-likeness (QED) is 0.796. The van der Waals surface area contributed by atoms with Crippen LogP contribution in [0.15, 0.2) is 42.5 Å². The van der Waals surface area contributed by atoms with Crippen molar-refractivity contribution in [2.24, 2.45) is 0 Å². The molecule has 3 rings (SSSR count). The predicted octanol–water partition coefficient (Wildman–Crippen LogP) is 3.63. The summed E-state index contributed by atoms with van der Waals surface area (Å²) in [5, 5.41) is 5.73. The largest absolute Gasteiger partial charge is 0.454 e. The minimum Gasteiger partial charge on any atom is -0.454 e. The van der Waals surface area contributed by atoms with E-state index in [1.165, 1.54) is 0 Å². The van der Waals surface area contributed by atoms with Gasteiger partial charge < -0.3 is 25.0 Å². The Labute approximate surface area is 154 Å². The average Bonchev–Trinajstić information content (AvgIpc) is 3.12. The van der Waals surface area contributed by atoms with Crippen molar-refractivity contribution in [1.29, 1.82) is 0 Å². The first kappa shape index (κ1) is 17.9. The number of urea groups is 1. The maximum absolute atomic E-state index is 12.0. The molecule has 0 saturated carbocycles. The number of carbonyl (C=O) groups is 1. The zero-order valence-corrected chi connectivity index (χ0v) is 15.2. The van der Waals surface area contributed by atoms with Gasteiger partial charge in [-0.1, -0.05) is 6.07 Å². The average molecular weight is 355 g/mol. The number of carbonyl (C=O) groups excluding carboxylic acids is 1. The van der Waals surface area contributed by atoms with Crippen LogP contribution in [0, 0.1) is 0 Å². The van der Waals surface area contributed by atoms with Crippen LogP contribution in [-0.2, 0) is 6.42 Å². The lowest BCUT2D eigenvalue weighted by Gasteiger charge is -2.21. The Bertz CT molecular complexity index is 742. The lowest BCUT2D eigenvalue weighted by Crippen LogP contribution is -2.30. The van der Waals surface area contributed by atoms with Crippen molar-refractivity contribution in [3.63, 3.8) is 0 Å². The van der Waals surface area contributed by atoms with Crippen LogP contribution in [0.2, 0.25) is 0 Å². The Morgan fingerprint density at radius 1 is 1.04 bits per heavy atom. The Hall–Kier alpha value is -2.89. The molecule has 0 atom stereocenters. The van der Waals surface area contributed by atoms with Gasteiger partial charge in [0, 0.05) is 31.0 Å². The van der Waals surface area contributed by atoms with Gasteiger partial charge in [0.15, 0.2) is 11.5 Å². The highest BCUT2D eigenvalue weighted by Gasteiger charge is 2.13. The summed E-state index contributed by atoms with van der Waals surface area (Å²) in [5.74, 6) is 1.54. The van der Waals surface area contributed by atoms with Crippen molar-refractivity contribution in [2.75, 3.05) is 36.6 Å². The molecule has 0 unspecified atom stereocenters. The van der Waals surface area contributed by atoms with E-state index in [-0.39, 0.29) is 12.8 Å². The van der Waals surface area contributed by atoms with Crippen molar-refractivity contribution >= 4 is 17.4 Å². The summed E-state index contributed by atoms with van der Waals surface area (Å²) in [4.78, 5) is 14.3. The molecule has 138 valence electrons. The molecule has 1 aliphatic rings. The number of benzene rings is 2. The van der Waals surface area contributed by atoms with Crippen molar-refractivity contribution in [2.45, 2.75) is 20.3 Å². The molecule has 0 aromatic heterocycles. The third-order valence-corrected chi connectivity index (χ3v) is 4.39.